The molecule has 0 saturated heterocycles. The van der Waals surface area contributed by atoms with Crippen molar-refractivity contribution in [3.8, 4) is 0 Å². The summed E-state index contributed by atoms with van der Waals surface area (Å²) in [5, 5.41) is 36.9. The second-order valence-corrected chi connectivity index (χ2v) is 3.26. The van der Waals surface area contributed by atoms with Gasteiger partial charge in [0, 0.05) is 17.0 Å². The zero-order valence-corrected chi connectivity index (χ0v) is 8.69. The third-order valence-electron chi connectivity index (χ3n) is 2.15. The zero-order chi connectivity index (χ0) is 12.8. The van der Waals surface area contributed by atoms with Crippen LogP contribution in [0.2, 0.25) is 0 Å². The van der Waals surface area contributed by atoms with Gasteiger partial charge in [-0.1, -0.05) is 5.11 Å². The van der Waals surface area contributed by atoms with Gasteiger partial charge in [-0.05, 0) is 12.0 Å². The van der Waals surface area contributed by atoms with E-state index < -0.39 is 18.2 Å². The molecule has 4 N–H and O–H groups in total. The second kappa shape index (κ2) is 5.85. The molecule has 0 aliphatic heterocycles. The number of nitrogens with zero attached hydrogens (tertiary/aromatic N) is 4. The quantitative estimate of drug-likeness (QED) is 0.318. The largest absolute Gasteiger partial charge is 0.477 e. The van der Waals surface area contributed by atoms with Gasteiger partial charge >= 0.3 is 5.97 Å². The number of H-pyrrole nitrogens is 1. The van der Waals surface area contributed by atoms with E-state index in [0.29, 0.717) is 0 Å². The van der Waals surface area contributed by atoms with E-state index in [1.165, 1.54) is 0 Å². The molecule has 9 heteroatoms. The predicted molar refractivity (Wildman–Crippen MR) is 55.1 cm³/mol. The fraction of sp³-hybridized carbons (Fsp3) is 0.500. The molecule has 1 aromatic rings. The fourth-order valence-corrected chi connectivity index (χ4v) is 1.29. The summed E-state index contributed by atoms with van der Waals surface area (Å²) in [6, 6.07) is 0. The summed E-state index contributed by atoms with van der Waals surface area (Å²) in [5.74, 6) is -1.28. The molecule has 1 heterocycles. The van der Waals surface area contributed by atoms with Crippen LogP contribution in [0.3, 0.4) is 0 Å². The van der Waals surface area contributed by atoms with Crippen molar-refractivity contribution in [3.63, 3.8) is 0 Å². The van der Waals surface area contributed by atoms with Crippen molar-refractivity contribution in [1.29, 1.82) is 0 Å². The number of aliphatic hydroxyl groups is 2. The molecular formula is C8H11N5O4. The van der Waals surface area contributed by atoms with Crippen LogP contribution in [-0.2, 0) is 0 Å². The molecule has 9 nitrogen and oxygen atoms in total. The Hall–Kier alpha value is -2.09. The number of aromatic amines is 1. The summed E-state index contributed by atoms with van der Waals surface area (Å²) in [5.41, 5.74) is 7.75. The number of carboxylic acid groups (broad SMARTS) is 1. The molecule has 0 amide bonds. The number of azide groups is 1. The van der Waals surface area contributed by atoms with E-state index >= 15 is 0 Å². The van der Waals surface area contributed by atoms with Gasteiger partial charge in [0.2, 0.25) is 0 Å². The van der Waals surface area contributed by atoms with Crippen LogP contribution < -0.4 is 0 Å². The SMILES string of the molecule is [N-]=[N+]=NCCC(O)C(O)c1cn[nH]c1C(=O)O. The Balaban J connectivity index is 2.74. The first-order valence-electron chi connectivity index (χ1n) is 4.71. The Morgan fingerprint density at radius 3 is 2.94 bits per heavy atom. The molecule has 0 saturated carbocycles. The van der Waals surface area contributed by atoms with Crippen molar-refractivity contribution in [1.82, 2.24) is 10.2 Å². The van der Waals surface area contributed by atoms with E-state index in [1.54, 1.807) is 0 Å². The predicted octanol–water partition coefficient (Wildman–Crippen LogP) is 0.203. The van der Waals surface area contributed by atoms with Gasteiger partial charge in [0.05, 0.1) is 12.3 Å². The number of aliphatic hydroxyl groups excluding tert-OH is 2. The number of carbonyl (C=O) groups is 1. The van der Waals surface area contributed by atoms with E-state index in [-0.39, 0.29) is 24.2 Å². The highest BCUT2D eigenvalue weighted by Gasteiger charge is 2.24. The van der Waals surface area contributed by atoms with Crippen LogP contribution in [0.4, 0.5) is 0 Å². The van der Waals surface area contributed by atoms with Crippen LogP contribution in [-0.4, -0.2) is 44.1 Å². The highest BCUT2D eigenvalue weighted by Crippen LogP contribution is 2.21. The summed E-state index contributed by atoms with van der Waals surface area (Å²) < 4.78 is 0. The van der Waals surface area contributed by atoms with Gasteiger partial charge in [-0.25, -0.2) is 4.79 Å². The van der Waals surface area contributed by atoms with Crippen LogP contribution >= 0.6 is 0 Å². The van der Waals surface area contributed by atoms with Gasteiger partial charge in [0.15, 0.2) is 0 Å². The minimum Gasteiger partial charge on any atom is -0.477 e. The van der Waals surface area contributed by atoms with Crippen LogP contribution in [0.25, 0.3) is 10.4 Å². The Kier molecular flexibility index (Phi) is 4.46. The van der Waals surface area contributed by atoms with Gasteiger partial charge in [-0.15, -0.1) is 0 Å². The highest BCUT2D eigenvalue weighted by atomic mass is 16.4. The summed E-state index contributed by atoms with van der Waals surface area (Å²) >= 11 is 0. The molecule has 0 aliphatic rings. The number of carboxylic acids is 1. The van der Waals surface area contributed by atoms with Crippen molar-refractivity contribution >= 4 is 5.97 Å². The summed E-state index contributed by atoms with van der Waals surface area (Å²) in [6.45, 7) is 0.00891. The summed E-state index contributed by atoms with van der Waals surface area (Å²) in [6.07, 6.45) is -1.47. The molecule has 17 heavy (non-hydrogen) atoms. The first kappa shape index (κ1) is 13.0. The Morgan fingerprint density at radius 1 is 1.65 bits per heavy atom. The lowest BCUT2D eigenvalue weighted by molar-refractivity contribution is 0.0141. The molecule has 0 spiro atoms. The number of aromatic carboxylic acids is 1. The number of aromatic nitrogens is 2. The molecule has 92 valence electrons. The van der Waals surface area contributed by atoms with Crippen LogP contribution in [0.5, 0.6) is 0 Å². The van der Waals surface area contributed by atoms with Gasteiger partial charge in [0.1, 0.15) is 11.8 Å². The third kappa shape index (κ3) is 3.18. The highest BCUT2D eigenvalue weighted by molar-refractivity contribution is 5.87. The molecule has 0 bridgehead atoms. The normalized spacial score (nSPS) is 13.8. The lowest BCUT2D eigenvalue weighted by Gasteiger charge is -2.16. The standard InChI is InChI=1S/C8H11N5O4/c9-13-10-2-1-5(14)7(15)4-3-11-12-6(4)8(16)17/h3,5,7,14-15H,1-2H2,(H,11,12)(H,16,17). The summed E-state index contributed by atoms with van der Waals surface area (Å²) in [7, 11) is 0. The topological polar surface area (TPSA) is 155 Å². The molecule has 0 fully saturated rings. The fourth-order valence-electron chi connectivity index (χ4n) is 1.29. The minimum absolute atomic E-state index is 0.00839. The lowest BCUT2D eigenvalue weighted by Crippen LogP contribution is -2.20. The smallest absolute Gasteiger partial charge is 0.354 e. The van der Waals surface area contributed by atoms with E-state index in [9.17, 15) is 15.0 Å². The van der Waals surface area contributed by atoms with E-state index in [2.05, 4.69) is 20.2 Å². The first-order chi connectivity index (χ1) is 8.07. The maximum atomic E-state index is 10.7. The average molecular weight is 241 g/mol. The molecule has 1 aromatic heterocycles. The Morgan fingerprint density at radius 2 is 2.35 bits per heavy atom. The first-order valence-corrected chi connectivity index (χ1v) is 4.71. The van der Waals surface area contributed by atoms with E-state index in [1.807, 2.05) is 0 Å². The molecule has 0 aromatic carbocycles. The van der Waals surface area contributed by atoms with Crippen molar-refractivity contribution in [2.75, 3.05) is 6.54 Å². The van der Waals surface area contributed by atoms with Gasteiger partial charge in [-0.2, -0.15) is 5.10 Å². The number of nitrogens with one attached hydrogen (secondary N) is 1. The average Bonchev–Trinajstić information content (AvgIpc) is 2.77. The van der Waals surface area contributed by atoms with Gasteiger partial charge < -0.3 is 15.3 Å². The molecule has 2 atom stereocenters. The number of hydrogen-bond donors (Lipinski definition) is 4. The van der Waals surface area contributed by atoms with Crippen molar-refractivity contribution in [3.05, 3.63) is 27.9 Å². The van der Waals surface area contributed by atoms with Gasteiger partial charge in [-0.3, -0.25) is 5.10 Å². The summed E-state index contributed by atoms with van der Waals surface area (Å²) in [4.78, 5) is 13.2. The van der Waals surface area contributed by atoms with E-state index in [4.69, 9.17) is 10.6 Å². The van der Waals surface area contributed by atoms with Crippen LogP contribution in [0.15, 0.2) is 11.3 Å². The molecular weight excluding hydrogens is 230 g/mol. The van der Waals surface area contributed by atoms with Crippen LogP contribution in [0, 0.1) is 0 Å². The molecule has 2 unspecified atom stereocenters. The Labute approximate surface area is 95.3 Å². The monoisotopic (exact) mass is 241 g/mol. The van der Waals surface area contributed by atoms with Gasteiger partial charge in [0.25, 0.3) is 0 Å². The second-order valence-electron chi connectivity index (χ2n) is 3.26. The van der Waals surface area contributed by atoms with Crippen molar-refractivity contribution < 1.29 is 20.1 Å². The molecule has 0 aliphatic carbocycles. The van der Waals surface area contributed by atoms with Crippen molar-refractivity contribution in [2.24, 2.45) is 5.11 Å². The number of rotatable bonds is 6. The third-order valence-corrected chi connectivity index (χ3v) is 2.15. The van der Waals surface area contributed by atoms with Crippen LogP contribution in [0.1, 0.15) is 28.6 Å². The maximum Gasteiger partial charge on any atom is 0.354 e. The number of hydrogen-bond acceptors (Lipinski definition) is 5. The molecule has 0 radical (unpaired) electrons. The molecule has 1 rings (SSSR count). The minimum atomic E-state index is -1.39. The van der Waals surface area contributed by atoms with E-state index in [0.717, 1.165) is 6.20 Å². The van der Waals surface area contributed by atoms with Crippen molar-refractivity contribution in [2.45, 2.75) is 18.6 Å². The Bertz CT molecular complexity index is 439. The zero-order valence-electron chi connectivity index (χ0n) is 8.69. The lowest BCUT2D eigenvalue weighted by atomic mass is 10.0. The maximum absolute atomic E-state index is 10.7.